The van der Waals surface area contributed by atoms with E-state index in [2.05, 4.69) is 23.8 Å². The molecule has 1 amide bonds. The van der Waals surface area contributed by atoms with Crippen LogP contribution in [0.4, 0.5) is 5.69 Å². The number of ether oxygens (including phenoxy) is 2. The lowest BCUT2D eigenvalue weighted by molar-refractivity contribution is 0.102. The van der Waals surface area contributed by atoms with E-state index in [1.54, 1.807) is 54.7 Å². The molecule has 0 bridgehead atoms. The minimum atomic E-state index is -0.263. The SMILES string of the molecule is C=CCOc1cc(CCC)nc2ccc(Oc3ccc(NC(=O)c4ccccn4)cc3)cc12. The molecule has 4 rings (SSSR count). The van der Waals surface area contributed by atoms with Crippen molar-refractivity contribution < 1.29 is 14.3 Å². The number of amides is 1. The number of anilines is 1. The molecule has 2 aromatic carbocycles. The Hall–Kier alpha value is -4.19. The lowest BCUT2D eigenvalue weighted by atomic mass is 10.1. The Morgan fingerprint density at radius 2 is 1.88 bits per heavy atom. The molecule has 166 valence electrons. The second kappa shape index (κ2) is 10.4. The van der Waals surface area contributed by atoms with Crippen molar-refractivity contribution in [2.75, 3.05) is 11.9 Å². The fraction of sp³-hybridized carbons (Fsp3) is 0.148. The average molecular weight is 440 g/mol. The van der Waals surface area contributed by atoms with E-state index in [-0.39, 0.29) is 5.91 Å². The Kier molecular flexibility index (Phi) is 6.95. The summed E-state index contributed by atoms with van der Waals surface area (Å²) in [4.78, 5) is 21.1. The van der Waals surface area contributed by atoms with Gasteiger partial charge >= 0.3 is 0 Å². The number of carbonyl (C=O) groups excluding carboxylic acids is 1. The van der Waals surface area contributed by atoms with Crippen molar-refractivity contribution in [2.45, 2.75) is 19.8 Å². The van der Waals surface area contributed by atoms with Crippen LogP contribution >= 0.6 is 0 Å². The predicted molar refractivity (Wildman–Crippen MR) is 130 cm³/mol. The molecule has 6 nitrogen and oxygen atoms in total. The van der Waals surface area contributed by atoms with Crippen LogP contribution in [0.2, 0.25) is 0 Å². The third-order valence-corrected chi connectivity index (χ3v) is 4.90. The summed E-state index contributed by atoms with van der Waals surface area (Å²) in [5, 5.41) is 3.71. The Labute approximate surface area is 192 Å². The molecule has 0 aliphatic heterocycles. The Morgan fingerprint density at radius 1 is 1.06 bits per heavy atom. The monoisotopic (exact) mass is 439 g/mol. The lowest BCUT2D eigenvalue weighted by Gasteiger charge is -2.12. The van der Waals surface area contributed by atoms with Gasteiger partial charge in [0.2, 0.25) is 0 Å². The Balaban J connectivity index is 1.51. The molecule has 0 spiro atoms. The molecular formula is C27H25N3O3. The van der Waals surface area contributed by atoms with Gasteiger partial charge in [0, 0.05) is 29.0 Å². The highest BCUT2D eigenvalue weighted by atomic mass is 16.5. The first-order valence-corrected chi connectivity index (χ1v) is 10.8. The predicted octanol–water partition coefficient (Wildman–Crippen LogP) is 6.19. The van der Waals surface area contributed by atoms with Crippen LogP contribution in [0.5, 0.6) is 17.2 Å². The minimum Gasteiger partial charge on any atom is -0.489 e. The van der Waals surface area contributed by atoms with E-state index in [0.29, 0.717) is 29.5 Å². The maximum Gasteiger partial charge on any atom is 0.274 e. The molecule has 1 N–H and O–H groups in total. The van der Waals surface area contributed by atoms with E-state index in [4.69, 9.17) is 14.5 Å². The minimum absolute atomic E-state index is 0.263. The van der Waals surface area contributed by atoms with Crippen LogP contribution in [0.3, 0.4) is 0 Å². The first kappa shape index (κ1) is 22.0. The lowest BCUT2D eigenvalue weighted by Crippen LogP contribution is -2.13. The number of nitrogens with zero attached hydrogens (tertiary/aromatic N) is 2. The van der Waals surface area contributed by atoms with E-state index in [1.807, 2.05) is 24.3 Å². The van der Waals surface area contributed by atoms with E-state index in [9.17, 15) is 4.79 Å². The van der Waals surface area contributed by atoms with Gasteiger partial charge in [-0.3, -0.25) is 14.8 Å². The number of hydrogen-bond donors (Lipinski definition) is 1. The molecule has 0 unspecified atom stereocenters. The van der Waals surface area contributed by atoms with Crippen LogP contribution < -0.4 is 14.8 Å². The zero-order chi connectivity index (χ0) is 23.0. The molecule has 0 aliphatic rings. The highest BCUT2D eigenvalue weighted by Crippen LogP contribution is 2.32. The van der Waals surface area contributed by atoms with E-state index in [0.717, 1.165) is 35.2 Å². The summed E-state index contributed by atoms with van der Waals surface area (Å²) in [6.45, 7) is 6.28. The highest BCUT2D eigenvalue weighted by Gasteiger charge is 2.10. The summed E-state index contributed by atoms with van der Waals surface area (Å²) in [7, 11) is 0. The molecule has 4 aromatic rings. The standard InChI is InChI=1S/C27H25N3O3/c1-3-7-20-17-26(32-16-4-2)23-18-22(13-14-24(23)29-20)33-21-11-9-19(10-12-21)30-27(31)25-8-5-6-15-28-25/h4-6,8-15,17-18H,2-3,7,16H2,1H3,(H,30,31). The molecule has 0 aliphatic carbocycles. The van der Waals surface area contributed by atoms with Crippen molar-refractivity contribution in [2.24, 2.45) is 0 Å². The molecule has 6 heteroatoms. The largest absolute Gasteiger partial charge is 0.489 e. The summed E-state index contributed by atoms with van der Waals surface area (Å²) in [5.41, 5.74) is 2.88. The Bertz CT molecular complexity index is 1260. The van der Waals surface area contributed by atoms with Crippen molar-refractivity contribution in [1.82, 2.24) is 9.97 Å². The molecular weight excluding hydrogens is 414 g/mol. The summed E-state index contributed by atoms with van der Waals surface area (Å²) >= 11 is 0. The number of hydrogen-bond acceptors (Lipinski definition) is 5. The van der Waals surface area contributed by atoms with Crippen molar-refractivity contribution >= 4 is 22.5 Å². The fourth-order valence-corrected chi connectivity index (χ4v) is 3.38. The van der Waals surface area contributed by atoms with Gasteiger partial charge in [-0.1, -0.05) is 32.1 Å². The average Bonchev–Trinajstić information content (AvgIpc) is 2.84. The van der Waals surface area contributed by atoms with Gasteiger partial charge in [-0.05, 0) is 61.0 Å². The number of benzene rings is 2. The molecule has 0 atom stereocenters. The molecule has 2 aromatic heterocycles. The molecule has 33 heavy (non-hydrogen) atoms. The summed E-state index contributed by atoms with van der Waals surface area (Å²) < 4.78 is 11.9. The van der Waals surface area contributed by atoms with Gasteiger partial charge < -0.3 is 14.8 Å². The second-order valence-corrected chi connectivity index (χ2v) is 7.44. The zero-order valence-electron chi connectivity index (χ0n) is 18.5. The second-order valence-electron chi connectivity index (χ2n) is 7.44. The summed E-state index contributed by atoms with van der Waals surface area (Å²) in [6, 6.07) is 20.1. The zero-order valence-corrected chi connectivity index (χ0v) is 18.5. The van der Waals surface area contributed by atoms with Gasteiger partial charge in [0.15, 0.2) is 0 Å². The number of nitrogens with one attached hydrogen (secondary N) is 1. The van der Waals surface area contributed by atoms with Gasteiger partial charge in [-0.25, -0.2) is 0 Å². The number of fused-ring (bicyclic) bond motifs is 1. The molecule has 0 saturated carbocycles. The van der Waals surface area contributed by atoms with Crippen molar-refractivity contribution in [1.29, 1.82) is 0 Å². The maximum absolute atomic E-state index is 12.3. The maximum atomic E-state index is 12.3. The number of carbonyl (C=O) groups is 1. The first-order chi connectivity index (χ1) is 16.2. The van der Waals surface area contributed by atoms with E-state index >= 15 is 0 Å². The van der Waals surface area contributed by atoms with Crippen LogP contribution in [0.15, 0.2) is 85.6 Å². The number of rotatable bonds is 9. The summed E-state index contributed by atoms with van der Waals surface area (Å²) in [5.74, 6) is 1.82. The molecule has 0 radical (unpaired) electrons. The molecule has 2 heterocycles. The van der Waals surface area contributed by atoms with Gasteiger partial charge in [-0.2, -0.15) is 0 Å². The quantitative estimate of drug-likeness (QED) is 0.315. The highest BCUT2D eigenvalue weighted by molar-refractivity contribution is 6.02. The number of aryl methyl sites for hydroxylation is 1. The van der Waals surface area contributed by atoms with Crippen LogP contribution in [0, 0.1) is 0 Å². The van der Waals surface area contributed by atoms with Crippen LogP contribution in [-0.4, -0.2) is 22.5 Å². The third kappa shape index (κ3) is 5.54. The van der Waals surface area contributed by atoms with E-state index < -0.39 is 0 Å². The van der Waals surface area contributed by atoms with Gasteiger partial charge in [0.05, 0.1) is 5.52 Å². The van der Waals surface area contributed by atoms with Crippen LogP contribution in [0.25, 0.3) is 10.9 Å². The normalized spacial score (nSPS) is 10.6. The van der Waals surface area contributed by atoms with Gasteiger partial charge in [0.25, 0.3) is 5.91 Å². The van der Waals surface area contributed by atoms with Crippen LogP contribution in [0.1, 0.15) is 29.5 Å². The topological polar surface area (TPSA) is 73.3 Å². The van der Waals surface area contributed by atoms with Crippen LogP contribution in [-0.2, 0) is 6.42 Å². The van der Waals surface area contributed by atoms with Crippen molar-refractivity contribution in [3.05, 3.63) is 97.0 Å². The fourth-order valence-electron chi connectivity index (χ4n) is 3.38. The first-order valence-electron chi connectivity index (χ1n) is 10.8. The summed E-state index contributed by atoms with van der Waals surface area (Å²) in [6.07, 6.45) is 5.21. The smallest absolute Gasteiger partial charge is 0.274 e. The molecule has 0 saturated heterocycles. The molecule has 0 fully saturated rings. The van der Waals surface area contributed by atoms with E-state index in [1.165, 1.54) is 0 Å². The number of pyridine rings is 2. The Morgan fingerprint density at radius 3 is 2.61 bits per heavy atom. The third-order valence-electron chi connectivity index (χ3n) is 4.90. The van der Waals surface area contributed by atoms with Gasteiger partial charge in [-0.15, -0.1) is 0 Å². The van der Waals surface area contributed by atoms with Crippen molar-refractivity contribution in [3.63, 3.8) is 0 Å². The van der Waals surface area contributed by atoms with Crippen molar-refractivity contribution in [3.8, 4) is 17.2 Å². The van der Waals surface area contributed by atoms with Gasteiger partial charge in [0.1, 0.15) is 29.5 Å². The number of aromatic nitrogens is 2.